The third-order valence-corrected chi connectivity index (χ3v) is 4.29. The van der Waals surface area contributed by atoms with Crippen LogP contribution in [-0.2, 0) is 5.41 Å². The van der Waals surface area contributed by atoms with E-state index in [1.165, 1.54) is 17.2 Å². The number of nitrogens with one attached hydrogen (secondary N) is 1. The molecule has 0 radical (unpaired) electrons. The number of amides is 1. The van der Waals surface area contributed by atoms with E-state index in [1.54, 1.807) is 0 Å². The van der Waals surface area contributed by atoms with Crippen LogP contribution in [0.25, 0.3) is 5.57 Å². The van der Waals surface area contributed by atoms with Gasteiger partial charge in [-0.1, -0.05) is 13.8 Å². The van der Waals surface area contributed by atoms with Crippen molar-refractivity contribution >= 4 is 11.5 Å². The quantitative estimate of drug-likeness (QED) is 0.864. The highest BCUT2D eigenvalue weighted by Gasteiger charge is 2.35. The van der Waals surface area contributed by atoms with Crippen LogP contribution in [0.3, 0.4) is 0 Å². The first-order chi connectivity index (χ1) is 11.7. The first-order valence-corrected chi connectivity index (χ1v) is 7.68. The molecule has 2 aromatic rings. The molecule has 0 fully saturated rings. The molecule has 1 aromatic carbocycles. The second-order valence-corrected chi connectivity index (χ2v) is 6.66. The largest absolute Gasteiger partial charge is 0.313 e. The van der Waals surface area contributed by atoms with Gasteiger partial charge in [0, 0.05) is 29.3 Å². The highest BCUT2D eigenvalue weighted by atomic mass is 19.2. The van der Waals surface area contributed by atoms with Crippen LogP contribution in [-0.4, -0.2) is 27.5 Å². The lowest BCUT2D eigenvalue weighted by atomic mass is 9.82. The first-order valence-electron chi connectivity index (χ1n) is 7.68. The molecule has 0 aliphatic carbocycles. The topological polar surface area (TPSA) is 72.8 Å². The number of benzene rings is 1. The van der Waals surface area contributed by atoms with Gasteiger partial charge in [-0.15, -0.1) is 0 Å². The van der Waals surface area contributed by atoms with E-state index in [-0.39, 0.29) is 17.7 Å². The molecular formula is C18H16F2N4O. The number of nitrogens with zero attached hydrogens (tertiary/aromatic N) is 3. The molecule has 3 rings (SSSR count). The fraction of sp³-hybridized carbons (Fsp3) is 0.278. The van der Waals surface area contributed by atoms with E-state index in [9.17, 15) is 18.8 Å². The van der Waals surface area contributed by atoms with Crippen LogP contribution in [0.5, 0.6) is 0 Å². The number of aromatic amines is 1. The standard InChI is InChI=1S/C18H16F2N4O/c1-10-15-16(23-22-10)12(7-21)8-24(9-18(15,2)3)17(25)11-4-5-13(19)14(20)6-11/h4-6,8H,9H2,1-3H3,(H,22,23). The van der Waals surface area contributed by atoms with Crippen molar-refractivity contribution in [1.82, 2.24) is 15.1 Å². The van der Waals surface area contributed by atoms with Gasteiger partial charge in [0.15, 0.2) is 11.6 Å². The van der Waals surface area contributed by atoms with E-state index in [2.05, 4.69) is 16.3 Å². The van der Waals surface area contributed by atoms with E-state index in [0.29, 0.717) is 5.69 Å². The SMILES string of the molecule is Cc1n[nH]c2c1C(C)(C)CN(C(=O)c1ccc(F)c(F)c1)C=C2C#N. The minimum Gasteiger partial charge on any atom is -0.313 e. The van der Waals surface area contributed by atoms with Gasteiger partial charge in [0.1, 0.15) is 6.07 Å². The van der Waals surface area contributed by atoms with Crippen LogP contribution in [0.4, 0.5) is 8.78 Å². The number of carbonyl (C=O) groups excluding carboxylic acids is 1. The third-order valence-electron chi connectivity index (χ3n) is 4.29. The van der Waals surface area contributed by atoms with E-state index in [1.807, 2.05) is 20.8 Å². The van der Waals surface area contributed by atoms with Gasteiger partial charge in [0.25, 0.3) is 5.91 Å². The van der Waals surface area contributed by atoms with Gasteiger partial charge in [-0.05, 0) is 25.1 Å². The molecule has 0 atom stereocenters. The number of aryl methyl sites for hydroxylation is 1. The zero-order chi connectivity index (χ0) is 18.4. The Kier molecular flexibility index (Phi) is 3.91. The van der Waals surface area contributed by atoms with Gasteiger partial charge in [0.2, 0.25) is 0 Å². The average molecular weight is 342 g/mol. The number of fused-ring (bicyclic) bond motifs is 1. The summed E-state index contributed by atoms with van der Waals surface area (Å²) in [5.41, 5.74) is 1.98. The number of rotatable bonds is 1. The number of aromatic nitrogens is 2. The van der Waals surface area contributed by atoms with Crippen molar-refractivity contribution in [3.8, 4) is 6.07 Å². The second-order valence-electron chi connectivity index (χ2n) is 6.66. The monoisotopic (exact) mass is 342 g/mol. The minimum atomic E-state index is -1.09. The average Bonchev–Trinajstić information content (AvgIpc) is 2.90. The van der Waals surface area contributed by atoms with Gasteiger partial charge in [0.05, 0.1) is 17.0 Å². The highest BCUT2D eigenvalue weighted by Crippen LogP contribution is 2.36. The molecule has 7 heteroatoms. The molecule has 1 aliphatic rings. The summed E-state index contributed by atoms with van der Waals surface area (Å²) in [6.45, 7) is 5.98. The van der Waals surface area contributed by atoms with Gasteiger partial charge in [-0.3, -0.25) is 9.89 Å². The molecule has 0 unspecified atom stereocenters. The van der Waals surface area contributed by atoms with Crippen molar-refractivity contribution in [3.05, 3.63) is 58.5 Å². The first kappa shape index (κ1) is 16.8. The van der Waals surface area contributed by atoms with E-state index in [0.717, 1.165) is 23.4 Å². The summed E-state index contributed by atoms with van der Waals surface area (Å²) in [5, 5.41) is 16.5. The lowest BCUT2D eigenvalue weighted by Gasteiger charge is -2.29. The summed E-state index contributed by atoms with van der Waals surface area (Å²) >= 11 is 0. The third kappa shape index (κ3) is 2.80. The molecule has 1 aliphatic heterocycles. The summed E-state index contributed by atoms with van der Waals surface area (Å²) in [4.78, 5) is 14.1. The summed E-state index contributed by atoms with van der Waals surface area (Å²) in [6, 6.07) is 5.07. The Bertz CT molecular complexity index is 937. The van der Waals surface area contributed by atoms with Crippen molar-refractivity contribution in [2.45, 2.75) is 26.2 Å². The fourth-order valence-electron chi connectivity index (χ4n) is 3.24. The fourth-order valence-corrected chi connectivity index (χ4v) is 3.24. The van der Waals surface area contributed by atoms with Crippen LogP contribution < -0.4 is 0 Å². The van der Waals surface area contributed by atoms with Crippen LogP contribution in [0.15, 0.2) is 24.4 Å². The maximum atomic E-state index is 13.5. The molecule has 0 saturated heterocycles. The Balaban J connectivity index is 2.08. The second kappa shape index (κ2) is 5.81. The van der Waals surface area contributed by atoms with Crippen LogP contribution >= 0.6 is 0 Å². The number of carbonyl (C=O) groups is 1. The predicted octanol–water partition coefficient (Wildman–Crippen LogP) is 3.29. The zero-order valence-electron chi connectivity index (χ0n) is 14.0. The van der Waals surface area contributed by atoms with Crippen molar-refractivity contribution in [2.75, 3.05) is 6.54 Å². The lowest BCUT2D eigenvalue weighted by Crippen LogP contribution is -2.37. The molecular weight excluding hydrogens is 326 g/mol. The Morgan fingerprint density at radius 1 is 1.36 bits per heavy atom. The molecule has 2 heterocycles. The highest BCUT2D eigenvalue weighted by molar-refractivity contribution is 5.96. The predicted molar refractivity (Wildman–Crippen MR) is 87.3 cm³/mol. The number of nitriles is 1. The summed E-state index contributed by atoms with van der Waals surface area (Å²) in [5.74, 6) is -2.61. The Morgan fingerprint density at radius 2 is 2.08 bits per heavy atom. The van der Waals surface area contributed by atoms with E-state index >= 15 is 0 Å². The Hall–Kier alpha value is -3.01. The smallest absolute Gasteiger partial charge is 0.257 e. The van der Waals surface area contributed by atoms with Crippen LogP contribution in [0.1, 0.15) is 41.2 Å². The molecule has 0 bridgehead atoms. The van der Waals surface area contributed by atoms with Crippen molar-refractivity contribution < 1.29 is 13.6 Å². The molecule has 128 valence electrons. The molecule has 25 heavy (non-hydrogen) atoms. The van der Waals surface area contributed by atoms with Crippen molar-refractivity contribution in [3.63, 3.8) is 0 Å². The van der Waals surface area contributed by atoms with E-state index < -0.39 is 23.0 Å². The number of allylic oxidation sites excluding steroid dienone is 1. The number of hydrogen-bond donors (Lipinski definition) is 1. The van der Waals surface area contributed by atoms with Gasteiger partial charge in [-0.25, -0.2) is 8.78 Å². The number of H-pyrrole nitrogens is 1. The summed E-state index contributed by atoms with van der Waals surface area (Å²) in [7, 11) is 0. The summed E-state index contributed by atoms with van der Waals surface area (Å²) < 4.78 is 26.6. The number of halogens is 2. The van der Waals surface area contributed by atoms with Gasteiger partial charge >= 0.3 is 0 Å². The number of hydrogen-bond acceptors (Lipinski definition) is 3. The van der Waals surface area contributed by atoms with Crippen LogP contribution in [0, 0.1) is 29.9 Å². The normalized spacial score (nSPS) is 15.8. The van der Waals surface area contributed by atoms with Crippen molar-refractivity contribution in [2.24, 2.45) is 0 Å². The molecule has 1 aromatic heterocycles. The maximum absolute atomic E-state index is 13.5. The molecule has 0 spiro atoms. The van der Waals surface area contributed by atoms with Gasteiger partial charge in [-0.2, -0.15) is 10.4 Å². The van der Waals surface area contributed by atoms with Crippen LogP contribution in [0.2, 0.25) is 0 Å². The lowest BCUT2D eigenvalue weighted by molar-refractivity contribution is 0.0800. The molecule has 5 nitrogen and oxygen atoms in total. The maximum Gasteiger partial charge on any atom is 0.257 e. The van der Waals surface area contributed by atoms with E-state index in [4.69, 9.17) is 0 Å². The van der Waals surface area contributed by atoms with Gasteiger partial charge < -0.3 is 4.90 Å². The molecule has 0 saturated carbocycles. The molecule has 1 N–H and O–H groups in total. The molecule has 1 amide bonds. The Morgan fingerprint density at radius 3 is 2.72 bits per heavy atom. The Labute approximate surface area is 143 Å². The van der Waals surface area contributed by atoms with Crippen molar-refractivity contribution in [1.29, 1.82) is 5.26 Å². The summed E-state index contributed by atoms with van der Waals surface area (Å²) in [6.07, 6.45) is 1.43. The minimum absolute atomic E-state index is 0.0173. The zero-order valence-corrected chi connectivity index (χ0v) is 14.0.